The zero-order valence-electron chi connectivity index (χ0n) is 18.0. The average molecular weight is 459 g/mol. The van der Waals surface area contributed by atoms with Gasteiger partial charge in [0.15, 0.2) is 0 Å². The summed E-state index contributed by atoms with van der Waals surface area (Å²) < 4.78 is 32.0. The van der Waals surface area contributed by atoms with Gasteiger partial charge in [-0.25, -0.2) is 22.9 Å². The van der Waals surface area contributed by atoms with Crippen molar-refractivity contribution in [2.75, 3.05) is 18.7 Å². The lowest BCUT2D eigenvalue weighted by atomic mass is 10.0. The van der Waals surface area contributed by atoms with Crippen LogP contribution >= 0.6 is 0 Å². The van der Waals surface area contributed by atoms with E-state index in [1.165, 1.54) is 29.3 Å². The topological polar surface area (TPSA) is 117 Å². The smallest absolute Gasteiger partial charge is 0.328 e. The van der Waals surface area contributed by atoms with Gasteiger partial charge in [-0.05, 0) is 60.5 Å². The molecule has 0 saturated heterocycles. The van der Waals surface area contributed by atoms with Crippen LogP contribution in [0.25, 0.3) is 0 Å². The molecule has 9 nitrogen and oxygen atoms in total. The third kappa shape index (κ3) is 5.64. The number of sulfonamides is 1. The molecule has 0 spiro atoms. The van der Waals surface area contributed by atoms with Crippen molar-refractivity contribution in [1.29, 1.82) is 0 Å². The van der Waals surface area contributed by atoms with Crippen molar-refractivity contribution in [3.05, 3.63) is 54.1 Å². The van der Waals surface area contributed by atoms with E-state index in [4.69, 9.17) is 4.74 Å². The van der Waals surface area contributed by atoms with Gasteiger partial charge in [-0.2, -0.15) is 5.10 Å². The maximum absolute atomic E-state index is 12.4. The van der Waals surface area contributed by atoms with E-state index < -0.39 is 16.1 Å². The summed E-state index contributed by atoms with van der Waals surface area (Å²) in [6.45, 7) is 2.36. The number of nitrogens with zero attached hydrogens (tertiary/aromatic N) is 2. The summed E-state index contributed by atoms with van der Waals surface area (Å²) >= 11 is 0. The van der Waals surface area contributed by atoms with E-state index in [-0.39, 0.29) is 17.2 Å². The van der Waals surface area contributed by atoms with Crippen molar-refractivity contribution in [2.24, 2.45) is 5.10 Å². The Hall–Kier alpha value is -3.40. The third-order valence-electron chi connectivity index (χ3n) is 4.89. The van der Waals surface area contributed by atoms with Crippen LogP contribution in [0, 0.1) is 0 Å². The number of methoxy groups -OCH3 is 1. The molecule has 2 aromatic carbocycles. The summed E-state index contributed by atoms with van der Waals surface area (Å²) in [6, 6.07) is 12.3. The van der Waals surface area contributed by atoms with E-state index in [0.29, 0.717) is 18.7 Å². The number of ether oxygens (including phenoxy) is 1. The predicted molar refractivity (Wildman–Crippen MR) is 121 cm³/mol. The van der Waals surface area contributed by atoms with Crippen LogP contribution in [0.2, 0.25) is 0 Å². The highest BCUT2D eigenvalue weighted by Gasteiger charge is 2.24. The predicted octanol–water partition coefficient (Wildman–Crippen LogP) is 3.01. The summed E-state index contributed by atoms with van der Waals surface area (Å²) in [7, 11) is -2.44. The maximum Gasteiger partial charge on any atom is 0.328 e. The average Bonchev–Trinajstić information content (AvgIpc) is 2.79. The van der Waals surface area contributed by atoms with Gasteiger partial charge < -0.3 is 10.1 Å². The fourth-order valence-electron chi connectivity index (χ4n) is 3.11. The fraction of sp³-hybridized carbons (Fsp3) is 0.318. The molecule has 2 aromatic rings. The normalized spacial score (nSPS) is 14.0. The van der Waals surface area contributed by atoms with Crippen LogP contribution in [0.15, 0.2) is 58.5 Å². The molecule has 3 rings (SSSR count). The SMILES string of the molecule is CCCCNC(=O)NS(=O)(=O)c1ccc(N2N=C(c3ccc(OC)cc3)CCC2=O)cc1. The molecule has 0 fully saturated rings. The Kier molecular flexibility index (Phi) is 7.47. The number of hydrogen-bond donors (Lipinski definition) is 2. The van der Waals surface area contributed by atoms with Crippen LogP contribution in [-0.4, -0.2) is 39.7 Å². The van der Waals surface area contributed by atoms with E-state index in [0.717, 1.165) is 29.9 Å². The van der Waals surface area contributed by atoms with Crippen LogP contribution in [0.1, 0.15) is 38.2 Å². The van der Waals surface area contributed by atoms with Gasteiger partial charge in [0, 0.05) is 19.4 Å². The van der Waals surface area contributed by atoms with Crippen LogP contribution in [0.4, 0.5) is 10.5 Å². The van der Waals surface area contributed by atoms with Crippen LogP contribution in [0.3, 0.4) is 0 Å². The van der Waals surface area contributed by atoms with Gasteiger partial charge in [0.2, 0.25) is 5.91 Å². The molecule has 0 aromatic heterocycles. The first-order valence-electron chi connectivity index (χ1n) is 10.3. The van der Waals surface area contributed by atoms with Crippen molar-refractivity contribution in [1.82, 2.24) is 10.0 Å². The Balaban J connectivity index is 1.76. The molecule has 0 atom stereocenters. The molecule has 3 amide bonds. The van der Waals surface area contributed by atoms with E-state index in [2.05, 4.69) is 10.4 Å². The zero-order chi connectivity index (χ0) is 23.1. The van der Waals surface area contributed by atoms with Crippen molar-refractivity contribution in [3.8, 4) is 5.75 Å². The first kappa shape index (κ1) is 23.3. The summed E-state index contributed by atoms with van der Waals surface area (Å²) in [5, 5.41) is 8.24. The molecule has 1 aliphatic rings. The number of unbranched alkanes of at least 4 members (excludes halogenated alkanes) is 1. The van der Waals surface area contributed by atoms with E-state index in [1.54, 1.807) is 7.11 Å². The molecule has 1 heterocycles. The van der Waals surface area contributed by atoms with Crippen LogP contribution in [0.5, 0.6) is 5.75 Å². The van der Waals surface area contributed by atoms with Gasteiger partial charge in [-0.3, -0.25) is 4.79 Å². The van der Waals surface area contributed by atoms with E-state index >= 15 is 0 Å². The first-order chi connectivity index (χ1) is 15.3. The molecule has 32 heavy (non-hydrogen) atoms. The van der Waals surface area contributed by atoms with E-state index in [1.807, 2.05) is 35.9 Å². The van der Waals surface area contributed by atoms with Crippen LogP contribution in [-0.2, 0) is 14.8 Å². The lowest BCUT2D eigenvalue weighted by Crippen LogP contribution is -2.39. The summed E-state index contributed by atoms with van der Waals surface area (Å²) in [6.07, 6.45) is 2.42. The Labute approximate surface area is 187 Å². The number of hydrogen-bond acceptors (Lipinski definition) is 6. The number of urea groups is 1. The monoisotopic (exact) mass is 458 g/mol. The summed E-state index contributed by atoms with van der Waals surface area (Å²) in [5.74, 6) is 0.536. The van der Waals surface area contributed by atoms with Crippen molar-refractivity contribution >= 4 is 33.4 Å². The number of carbonyl (C=O) groups excluding carboxylic acids is 2. The van der Waals surface area contributed by atoms with Gasteiger partial charge in [0.25, 0.3) is 10.0 Å². The molecule has 10 heteroatoms. The largest absolute Gasteiger partial charge is 0.497 e. The van der Waals surface area contributed by atoms with Gasteiger partial charge in [0.1, 0.15) is 5.75 Å². The number of benzene rings is 2. The summed E-state index contributed by atoms with van der Waals surface area (Å²) in [4.78, 5) is 24.1. The second-order valence-corrected chi connectivity index (χ2v) is 8.87. The van der Waals surface area contributed by atoms with Crippen molar-refractivity contribution in [2.45, 2.75) is 37.5 Å². The van der Waals surface area contributed by atoms with Gasteiger partial charge in [0.05, 0.1) is 23.4 Å². The lowest BCUT2D eigenvalue weighted by molar-refractivity contribution is -0.118. The number of hydrazone groups is 1. The third-order valence-corrected chi connectivity index (χ3v) is 6.24. The molecule has 170 valence electrons. The minimum absolute atomic E-state index is 0.0873. The Morgan fingerprint density at radius 3 is 2.41 bits per heavy atom. The first-order valence-corrected chi connectivity index (χ1v) is 11.8. The summed E-state index contributed by atoms with van der Waals surface area (Å²) in [5.41, 5.74) is 2.06. The molecule has 0 aliphatic carbocycles. The second-order valence-electron chi connectivity index (χ2n) is 7.19. The highest BCUT2D eigenvalue weighted by molar-refractivity contribution is 7.90. The van der Waals surface area contributed by atoms with Crippen LogP contribution < -0.4 is 19.8 Å². The highest BCUT2D eigenvalue weighted by atomic mass is 32.2. The minimum atomic E-state index is -4.03. The minimum Gasteiger partial charge on any atom is -0.497 e. The number of carbonyl (C=O) groups is 2. The standard InChI is InChI=1S/C22H26N4O5S/c1-3-4-15-23-22(28)25-32(29,30)19-11-7-17(8-12-19)26-21(27)14-13-20(24-26)16-5-9-18(31-2)10-6-16/h5-12H,3-4,13-15H2,1-2H3,(H2,23,25,28). The second kappa shape index (κ2) is 10.3. The van der Waals surface area contributed by atoms with Gasteiger partial charge in [-0.1, -0.05) is 13.3 Å². The van der Waals surface area contributed by atoms with E-state index in [9.17, 15) is 18.0 Å². The molecule has 0 unspecified atom stereocenters. The number of amides is 3. The quantitative estimate of drug-likeness (QED) is 0.590. The molecular weight excluding hydrogens is 432 g/mol. The molecule has 1 aliphatic heterocycles. The molecule has 0 radical (unpaired) electrons. The van der Waals surface area contributed by atoms with Gasteiger partial charge in [-0.15, -0.1) is 0 Å². The lowest BCUT2D eigenvalue weighted by Gasteiger charge is -2.24. The zero-order valence-corrected chi connectivity index (χ0v) is 18.8. The Morgan fingerprint density at radius 1 is 1.09 bits per heavy atom. The van der Waals surface area contributed by atoms with Crippen molar-refractivity contribution in [3.63, 3.8) is 0 Å². The number of anilines is 1. The number of nitrogens with one attached hydrogen (secondary N) is 2. The Morgan fingerprint density at radius 2 is 1.78 bits per heavy atom. The molecule has 0 saturated carbocycles. The van der Waals surface area contributed by atoms with Crippen molar-refractivity contribution < 1.29 is 22.7 Å². The molecule has 2 N–H and O–H groups in total. The Bertz CT molecular complexity index is 1100. The van der Waals surface area contributed by atoms with Gasteiger partial charge >= 0.3 is 6.03 Å². The number of rotatable bonds is 8. The molecule has 0 bridgehead atoms. The highest BCUT2D eigenvalue weighted by Crippen LogP contribution is 2.24. The maximum atomic E-state index is 12.4. The fourth-order valence-corrected chi connectivity index (χ4v) is 4.04. The molecular formula is C22H26N4O5S.